The fourth-order valence-electron chi connectivity index (χ4n) is 1.56. The first-order chi connectivity index (χ1) is 9.28. The zero-order chi connectivity index (χ0) is 13.5. The average molecular weight is 318 g/mol. The van der Waals surface area contributed by atoms with E-state index in [4.69, 9.17) is 4.74 Å². The first-order valence-electron chi connectivity index (χ1n) is 5.78. The minimum Gasteiger partial charge on any atom is -0.489 e. The van der Waals surface area contributed by atoms with Crippen LogP contribution in [0.5, 0.6) is 5.75 Å². The summed E-state index contributed by atoms with van der Waals surface area (Å²) in [6.07, 6.45) is 1.52. The Morgan fingerprint density at radius 2 is 1.63 bits per heavy atom. The maximum absolute atomic E-state index is 10.0. The van der Waals surface area contributed by atoms with Crippen molar-refractivity contribution in [1.29, 1.82) is 0 Å². The van der Waals surface area contributed by atoms with Gasteiger partial charge in [-0.2, -0.15) is 0 Å². The standard InChI is InChI=1S/C15H12BrNO2/c16-14-5-1-13(2-6-14)10-19-15-7-3-12(4-8-15)9-17-11-18/h1-8H,9-10H2. The molecule has 0 amide bonds. The van der Waals surface area contributed by atoms with Gasteiger partial charge in [0.15, 0.2) is 0 Å². The first-order valence-corrected chi connectivity index (χ1v) is 6.57. The molecule has 0 aliphatic heterocycles. The van der Waals surface area contributed by atoms with Crippen LogP contribution in [0.4, 0.5) is 0 Å². The highest BCUT2D eigenvalue weighted by molar-refractivity contribution is 9.10. The molecule has 0 N–H and O–H groups in total. The Kier molecular flexibility index (Phi) is 4.90. The summed E-state index contributed by atoms with van der Waals surface area (Å²) in [5.74, 6) is 0.793. The topological polar surface area (TPSA) is 38.7 Å². The fourth-order valence-corrected chi connectivity index (χ4v) is 1.83. The molecule has 4 heteroatoms. The second kappa shape index (κ2) is 6.88. The Balaban J connectivity index is 1.92. The lowest BCUT2D eigenvalue weighted by molar-refractivity contribution is 0.306. The summed E-state index contributed by atoms with van der Waals surface area (Å²) in [7, 11) is 0. The van der Waals surface area contributed by atoms with Crippen molar-refractivity contribution >= 4 is 22.0 Å². The highest BCUT2D eigenvalue weighted by atomic mass is 79.9. The first kappa shape index (κ1) is 13.5. The van der Waals surface area contributed by atoms with Gasteiger partial charge in [-0.05, 0) is 35.4 Å². The molecule has 96 valence electrons. The van der Waals surface area contributed by atoms with Crippen molar-refractivity contribution in [3.63, 3.8) is 0 Å². The predicted molar refractivity (Wildman–Crippen MR) is 76.7 cm³/mol. The number of nitrogens with zero attached hydrogens (tertiary/aromatic N) is 1. The lowest BCUT2D eigenvalue weighted by Gasteiger charge is -2.06. The minimum absolute atomic E-state index is 0.358. The number of isocyanates is 1. The van der Waals surface area contributed by atoms with Gasteiger partial charge in [-0.3, -0.25) is 0 Å². The molecule has 3 nitrogen and oxygen atoms in total. The van der Waals surface area contributed by atoms with Gasteiger partial charge in [0.25, 0.3) is 0 Å². The maximum Gasteiger partial charge on any atom is 0.235 e. The van der Waals surface area contributed by atoms with Crippen LogP contribution in [0.15, 0.2) is 58.0 Å². The number of rotatable bonds is 5. The normalized spacial score (nSPS) is 9.74. The quantitative estimate of drug-likeness (QED) is 0.620. The predicted octanol–water partition coefficient (Wildman–Crippen LogP) is 3.86. The summed E-state index contributed by atoms with van der Waals surface area (Å²) >= 11 is 3.39. The summed E-state index contributed by atoms with van der Waals surface area (Å²) in [5, 5.41) is 0. The molecule has 0 fully saturated rings. The van der Waals surface area contributed by atoms with Crippen LogP contribution in [0.1, 0.15) is 11.1 Å². The van der Waals surface area contributed by atoms with Crippen molar-refractivity contribution in [2.24, 2.45) is 4.99 Å². The van der Waals surface area contributed by atoms with E-state index in [1.54, 1.807) is 0 Å². The third kappa shape index (κ3) is 4.36. The van der Waals surface area contributed by atoms with Gasteiger partial charge in [0.05, 0.1) is 6.54 Å². The van der Waals surface area contributed by atoms with Crippen LogP contribution in [0.25, 0.3) is 0 Å². The molecule has 0 unspecified atom stereocenters. The van der Waals surface area contributed by atoms with Gasteiger partial charge in [0, 0.05) is 4.47 Å². The van der Waals surface area contributed by atoms with Gasteiger partial charge in [0.1, 0.15) is 12.4 Å². The minimum atomic E-state index is 0.358. The van der Waals surface area contributed by atoms with Crippen molar-refractivity contribution in [2.45, 2.75) is 13.2 Å². The smallest absolute Gasteiger partial charge is 0.235 e. The lowest BCUT2D eigenvalue weighted by Crippen LogP contribution is -1.95. The Bertz CT molecular complexity index is 572. The molecule has 0 bridgehead atoms. The van der Waals surface area contributed by atoms with E-state index in [-0.39, 0.29) is 0 Å². The van der Waals surface area contributed by atoms with Gasteiger partial charge < -0.3 is 4.74 Å². The van der Waals surface area contributed by atoms with E-state index >= 15 is 0 Å². The number of benzene rings is 2. The Morgan fingerprint density at radius 1 is 1.00 bits per heavy atom. The fraction of sp³-hybridized carbons (Fsp3) is 0.133. The van der Waals surface area contributed by atoms with Crippen LogP contribution in [0.3, 0.4) is 0 Å². The van der Waals surface area contributed by atoms with Gasteiger partial charge >= 0.3 is 0 Å². The molecule has 0 heterocycles. The summed E-state index contributed by atoms with van der Waals surface area (Å²) in [6, 6.07) is 15.5. The van der Waals surface area contributed by atoms with E-state index in [1.807, 2.05) is 48.5 Å². The van der Waals surface area contributed by atoms with E-state index in [0.29, 0.717) is 13.2 Å². The number of hydrogen-bond acceptors (Lipinski definition) is 3. The van der Waals surface area contributed by atoms with Crippen molar-refractivity contribution in [3.05, 3.63) is 64.1 Å². The highest BCUT2D eigenvalue weighted by Gasteiger charge is 1.97. The molecule has 0 saturated carbocycles. The van der Waals surface area contributed by atoms with Crippen LogP contribution in [0, 0.1) is 0 Å². The molecule has 0 atom stereocenters. The SMILES string of the molecule is O=C=NCc1ccc(OCc2ccc(Br)cc2)cc1. The summed E-state index contributed by atoms with van der Waals surface area (Å²) in [6.45, 7) is 0.885. The van der Waals surface area contributed by atoms with Gasteiger partial charge in [-0.1, -0.05) is 40.2 Å². The molecule has 0 aliphatic rings. The number of carbonyl (C=O) groups excluding carboxylic acids is 1. The van der Waals surface area contributed by atoms with Crippen LogP contribution >= 0.6 is 15.9 Å². The largest absolute Gasteiger partial charge is 0.489 e. The third-order valence-electron chi connectivity index (χ3n) is 2.57. The molecule has 2 rings (SSSR count). The number of halogens is 1. The molecule has 2 aromatic rings. The van der Waals surface area contributed by atoms with Crippen molar-refractivity contribution < 1.29 is 9.53 Å². The molecular weight excluding hydrogens is 306 g/mol. The molecular formula is C15H12BrNO2. The van der Waals surface area contributed by atoms with Crippen LogP contribution < -0.4 is 4.74 Å². The Labute approximate surface area is 120 Å². The number of ether oxygens (including phenoxy) is 1. The van der Waals surface area contributed by atoms with E-state index in [0.717, 1.165) is 21.3 Å². The Hall–Kier alpha value is -1.90. The van der Waals surface area contributed by atoms with Crippen LogP contribution in [0.2, 0.25) is 0 Å². The molecule has 0 aliphatic carbocycles. The van der Waals surface area contributed by atoms with Crippen LogP contribution in [-0.2, 0) is 17.9 Å². The summed E-state index contributed by atoms with van der Waals surface area (Å²) < 4.78 is 6.72. The maximum atomic E-state index is 10.0. The van der Waals surface area contributed by atoms with Crippen molar-refractivity contribution in [2.75, 3.05) is 0 Å². The summed E-state index contributed by atoms with van der Waals surface area (Å²) in [5.41, 5.74) is 2.07. The second-order valence-corrected chi connectivity index (χ2v) is 4.88. The number of hydrogen-bond donors (Lipinski definition) is 0. The van der Waals surface area contributed by atoms with Gasteiger partial charge in [-0.25, -0.2) is 9.79 Å². The summed E-state index contributed by atoms with van der Waals surface area (Å²) in [4.78, 5) is 13.5. The van der Waals surface area contributed by atoms with E-state index in [2.05, 4.69) is 20.9 Å². The monoisotopic (exact) mass is 317 g/mol. The highest BCUT2D eigenvalue weighted by Crippen LogP contribution is 2.16. The third-order valence-corrected chi connectivity index (χ3v) is 3.10. The van der Waals surface area contributed by atoms with E-state index in [1.165, 1.54) is 6.08 Å². The van der Waals surface area contributed by atoms with Crippen LogP contribution in [-0.4, -0.2) is 6.08 Å². The van der Waals surface area contributed by atoms with Crippen molar-refractivity contribution in [1.82, 2.24) is 0 Å². The zero-order valence-corrected chi connectivity index (χ0v) is 11.8. The molecule has 19 heavy (non-hydrogen) atoms. The zero-order valence-electron chi connectivity index (χ0n) is 10.2. The molecule has 0 radical (unpaired) electrons. The van der Waals surface area contributed by atoms with Crippen molar-refractivity contribution in [3.8, 4) is 5.75 Å². The lowest BCUT2D eigenvalue weighted by atomic mass is 10.2. The van der Waals surface area contributed by atoms with E-state index in [9.17, 15) is 4.79 Å². The molecule has 0 aromatic heterocycles. The molecule has 2 aromatic carbocycles. The van der Waals surface area contributed by atoms with Gasteiger partial charge in [0.2, 0.25) is 6.08 Å². The number of aliphatic imine (C=N–C) groups is 1. The second-order valence-electron chi connectivity index (χ2n) is 3.97. The average Bonchev–Trinajstić information content (AvgIpc) is 2.46. The molecule has 0 spiro atoms. The van der Waals surface area contributed by atoms with Gasteiger partial charge in [-0.15, -0.1) is 0 Å². The molecule has 0 saturated heterocycles. The Morgan fingerprint density at radius 3 is 2.26 bits per heavy atom. The van der Waals surface area contributed by atoms with E-state index < -0.39 is 0 Å².